The van der Waals surface area contributed by atoms with E-state index in [-0.39, 0.29) is 23.5 Å². The van der Waals surface area contributed by atoms with Crippen LogP contribution in [0.4, 0.5) is 11.4 Å². The first-order valence-corrected chi connectivity index (χ1v) is 10.1. The molecule has 0 unspecified atom stereocenters. The molecule has 3 N–H and O–H groups in total. The second-order valence-electron chi connectivity index (χ2n) is 7.17. The summed E-state index contributed by atoms with van der Waals surface area (Å²) in [5.74, 6) is -0.545. The molecule has 1 aliphatic rings. The number of benzene rings is 1. The SMILES string of the molecule is CCCCNC(=O)c1nc(C(=O)Nc2cccc(NC(C)=O)c2)n2c1CCCC2. The van der Waals surface area contributed by atoms with Gasteiger partial charge >= 0.3 is 0 Å². The molecule has 2 aromatic rings. The summed E-state index contributed by atoms with van der Waals surface area (Å²) in [7, 11) is 0. The highest BCUT2D eigenvalue weighted by Crippen LogP contribution is 2.22. The fourth-order valence-corrected chi connectivity index (χ4v) is 3.43. The van der Waals surface area contributed by atoms with Gasteiger partial charge in [-0.2, -0.15) is 0 Å². The van der Waals surface area contributed by atoms with Gasteiger partial charge < -0.3 is 20.5 Å². The third kappa shape index (κ3) is 5.01. The Morgan fingerprint density at radius 2 is 1.86 bits per heavy atom. The lowest BCUT2D eigenvalue weighted by molar-refractivity contribution is -0.114. The number of amides is 3. The van der Waals surface area contributed by atoms with E-state index in [1.807, 2.05) is 4.57 Å². The molecule has 0 saturated carbocycles. The van der Waals surface area contributed by atoms with Crippen LogP contribution in [0.5, 0.6) is 0 Å². The zero-order valence-corrected chi connectivity index (χ0v) is 16.9. The van der Waals surface area contributed by atoms with E-state index in [9.17, 15) is 14.4 Å². The number of unbranched alkanes of at least 4 members (excludes halogenated alkanes) is 1. The fraction of sp³-hybridized carbons (Fsp3) is 0.429. The normalized spacial score (nSPS) is 12.8. The number of fused-ring (bicyclic) bond motifs is 1. The minimum absolute atomic E-state index is 0.186. The van der Waals surface area contributed by atoms with Gasteiger partial charge in [0.25, 0.3) is 11.8 Å². The Morgan fingerprint density at radius 3 is 2.59 bits per heavy atom. The summed E-state index contributed by atoms with van der Waals surface area (Å²) in [4.78, 5) is 41.1. The molecule has 154 valence electrons. The molecular formula is C21H27N5O3. The summed E-state index contributed by atoms with van der Waals surface area (Å²) in [6.07, 6.45) is 4.54. The summed E-state index contributed by atoms with van der Waals surface area (Å²) in [6.45, 7) is 4.75. The Kier molecular flexibility index (Phi) is 6.64. The van der Waals surface area contributed by atoms with Gasteiger partial charge in [-0.1, -0.05) is 19.4 Å². The van der Waals surface area contributed by atoms with E-state index in [2.05, 4.69) is 27.9 Å². The molecule has 1 aliphatic heterocycles. The summed E-state index contributed by atoms with van der Waals surface area (Å²) in [6, 6.07) is 6.90. The molecule has 0 spiro atoms. The molecule has 8 nitrogen and oxygen atoms in total. The van der Waals surface area contributed by atoms with E-state index < -0.39 is 0 Å². The van der Waals surface area contributed by atoms with Gasteiger partial charge in [0.05, 0.1) is 5.69 Å². The average Bonchev–Trinajstić information content (AvgIpc) is 3.08. The highest BCUT2D eigenvalue weighted by molar-refractivity contribution is 6.04. The number of anilines is 2. The fourth-order valence-electron chi connectivity index (χ4n) is 3.43. The van der Waals surface area contributed by atoms with Gasteiger partial charge in [0, 0.05) is 31.4 Å². The Labute approximate surface area is 170 Å². The van der Waals surface area contributed by atoms with Crippen molar-refractivity contribution in [2.24, 2.45) is 0 Å². The molecule has 0 radical (unpaired) electrons. The smallest absolute Gasteiger partial charge is 0.291 e. The number of hydrogen-bond donors (Lipinski definition) is 3. The number of imidazole rings is 1. The van der Waals surface area contributed by atoms with Crippen molar-refractivity contribution in [2.45, 2.75) is 52.5 Å². The summed E-state index contributed by atoms with van der Waals surface area (Å²) < 4.78 is 1.85. The first-order chi connectivity index (χ1) is 14.0. The van der Waals surface area contributed by atoms with Crippen LogP contribution in [0.3, 0.4) is 0 Å². The van der Waals surface area contributed by atoms with E-state index in [4.69, 9.17) is 0 Å². The Morgan fingerprint density at radius 1 is 1.10 bits per heavy atom. The van der Waals surface area contributed by atoms with Crippen molar-refractivity contribution in [3.8, 4) is 0 Å². The number of carbonyl (C=O) groups excluding carboxylic acids is 3. The molecule has 1 aromatic heterocycles. The average molecular weight is 397 g/mol. The number of rotatable bonds is 7. The van der Waals surface area contributed by atoms with Crippen molar-refractivity contribution in [1.82, 2.24) is 14.9 Å². The highest BCUT2D eigenvalue weighted by atomic mass is 16.2. The number of carbonyl (C=O) groups is 3. The van der Waals surface area contributed by atoms with Crippen molar-refractivity contribution < 1.29 is 14.4 Å². The van der Waals surface area contributed by atoms with Gasteiger partial charge in [-0.25, -0.2) is 4.98 Å². The first kappa shape index (κ1) is 20.6. The first-order valence-electron chi connectivity index (χ1n) is 10.1. The van der Waals surface area contributed by atoms with Crippen LogP contribution in [0.2, 0.25) is 0 Å². The van der Waals surface area contributed by atoms with E-state index in [1.54, 1.807) is 24.3 Å². The van der Waals surface area contributed by atoms with Crippen molar-refractivity contribution in [2.75, 3.05) is 17.2 Å². The van der Waals surface area contributed by atoms with Crippen LogP contribution in [-0.4, -0.2) is 33.8 Å². The number of nitrogens with zero attached hydrogens (tertiary/aromatic N) is 2. The van der Waals surface area contributed by atoms with Crippen LogP contribution in [-0.2, 0) is 17.8 Å². The van der Waals surface area contributed by atoms with Crippen molar-refractivity contribution in [3.63, 3.8) is 0 Å². The lowest BCUT2D eigenvalue weighted by Crippen LogP contribution is -2.26. The molecule has 0 aliphatic carbocycles. The third-order valence-corrected chi connectivity index (χ3v) is 4.79. The summed E-state index contributed by atoms with van der Waals surface area (Å²) in [5.41, 5.74) is 2.31. The molecule has 29 heavy (non-hydrogen) atoms. The van der Waals surface area contributed by atoms with Gasteiger partial charge in [-0.3, -0.25) is 14.4 Å². The lowest BCUT2D eigenvalue weighted by Gasteiger charge is -2.17. The Bertz CT molecular complexity index is 919. The van der Waals surface area contributed by atoms with Crippen molar-refractivity contribution >= 4 is 29.1 Å². The zero-order chi connectivity index (χ0) is 20.8. The molecule has 8 heteroatoms. The maximum atomic E-state index is 12.9. The molecule has 3 amide bonds. The van der Waals surface area contributed by atoms with Crippen LogP contribution >= 0.6 is 0 Å². The van der Waals surface area contributed by atoms with E-state index >= 15 is 0 Å². The van der Waals surface area contributed by atoms with E-state index in [0.717, 1.165) is 37.8 Å². The monoisotopic (exact) mass is 397 g/mol. The predicted octanol–water partition coefficient (Wildman–Crippen LogP) is 2.96. The maximum absolute atomic E-state index is 12.9. The van der Waals surface area contributed by atoms with Crippen LogP contribution in [0.1, 0.15) is 66.3 Å². The maximum Gasteiger partial charge on any atom is 0.291 e. The molecule has 0 saturated heterocycles. The van der Waals surface area contributed by atoms with Crippen LogP contribution in [0.25, 0.3) is 0 Å². The molecule has 0 atom stereocenters. The van der Waals surface area contributed by atoms with Gasteiger partial charge in [0.15, 0.2) is 5.82 Å². The molecule has 1 aromatic carbocycles. The van der Waals surface area contributed by atoms with Crippen molar-refractivity contribution in [1.29, 1.82) is 0 Å². The van der Waals surface area contributed by atoms with E-state index in [1.165, 1.54) is 6.92 Å². The minimum Gasteiger partial charge on any atom is -0.351 e. The topological polar surface area (TPSA) is 105 Å². The lowest BCUT2D eigenvalue weighted by atomic mass is 10.1. The molecular weight excluding hydrogens is 370 g/mol. The van der Waals surface area contributed by atoms with E-state index in [0.29, 0.717) is 30.2 Å². The standard InChI is InChI=1S/C21H27N5O3/c1-3-4-11-22-20(28)18-17-10-5-6-12-26(17)19(25-18)21(29)24-16-9-7-8-15(13-16)23-14(2)27/h7-9,13H,3-6,10-12H2,1-2H3,(H,22,28)(H,23,27)(H,24,29). The number of aromatic nitrogens is 2. The van der Waals surface area contributed by atoms with Gasteiger partial charge in [0.2, 0.25) is 5.91 Å². The van der Waals surface area contributed by atoms with Crippen LogP contribution < -0.4 is 16.0 Å². The summed E-state index contributed by atoms with van der Waals surface area (Å²) in [5, 5.41) is 8.40. The third-order valence-electron chi connectivity index (χ3n) is 4.79. The second kappa shape index (κ2) is 9.36. The molecule has 2 heterocycles. The zero-order valence-electron chi connectivity index (χ0n) is 16.9. The van der Waals surface area contributed by atoms with Gasteiger partial charge in [-0.05, 0) is 43.9 Å². The Balaban J connectivity index is 1.82. The Hall–Kier alpha value is -3.16. The molecule has 0 fully saturated rings. The van der Waals surface area contributed by atoms with Crippen LogP contribution in [0, 0.1) is 0 Å². The number of nitrogens with one attached hydrogen (secondary N) is 3. The van der Waals surface area contributed by atoms with Gasteiger partial charge in [0.1, 0.15) is 5.69 Å². The van der Waals surface area contributed by atoms with Crippen LogP contribution in [0.15, 0.2) is 24.3 Å². The van der Waals surface area contributed by atoms with Gasteiger partial charge in [-0.15, -0.1) is 0 Å². The highest BCUT2D eigenvalue weighted by Gasteiger charge is 2.27. The minimum atomic E-state index is -0.374. The molecule has 0 bridgehead atoms. The quantitative estimate of drug-likeness (QED) is 0.625. The largest absolute Gasteiger partial charge is 0.351 e. The number of hydrogen-bond acceptors (Lipinski definition) is 4. The molecule has 3 rings (SSSR count). The van der Waals surface area contributed by atoms with Crippen molar-refractivity contribution in [3.05, 3.63) is 41.5 Å². The predicted molar refractivity (Wildman–Crippen MR) is 111 cm³/mol. The summed E-state index contributed by atoms with van der Waals surface area (Å²) >= 11 is 0. The second-order valence-corrected chi connectivity index (χ2v) is 7.17.